The number of rotatable bonds is 1. The van der Waals surface area contributed by atoms with Crippen molar-refractivity contribution >= 4 is 5.69 Å². The van der Waals surface area contributed by atoms with Gasteiger partial charge in [0.25, 0.3) is 0 Å². The molecule has 1 aromatic heterocycles. The smallest absolute Gasteiger partial charge is 0.160 e. The molecule has 2 aromatic rings. The van der Waals surface area contributed by atoms with Gasteiger partial charge in [0.05, 0.1) is 0 Å². The number of nitrogens with two attached hydrogens (primary N) is 1. The molecule has 0 spiro atoms. The van der Waals surface area contributed by atoms with E-state index in [0.717, 1.165) is 0 Å². The number of aryl methyl sites for hydroxylation is 1. The van der Waals surface area contributed by atoms with Crippen LogP contribution in [-0.4, -0.2) is 14.8 Å². The number of anilines is 1. The van der Waals surface area contributed by atoms with Crippen molar-refractivity contribution in [2.24, 2.45) is 7.05 Å². The Labute approximate surface area is 106 Å². The van der Waals surface area contributed by atoms with E-state index in [-0.39, 0.29) is 11.2 Å². The number of halogens is 1. The zero-order valence-electron chi connectivity index (χ0n) is 11.0. The summed E-state index contributed by atoms with van der Waals surface area (Å²) < 4.78 is 14.9. The molecule has 18 heavy (non-hydrogen) atoms. The van der Waals surface area contributed by atoms with Gasteiger partial charge in [-0.1, -0.05) is 20.8 Å². The first kappa shape index (κ1) is 12.5. The quantitative estimate of drug-likeness (QED) is 0.789. The van der Waals surface area contributed by atoms with Crippen LogP contribution in [0.3, 0.4) is 0 Å². The maximum absolute atomic E-state index is 13.3. The fourth-order valence-corrected chi connectivity index (χ4v) is 1.66. The van der Waals surface area contributed by atoms with Crippen molar-refractivity contribution in [3.63, 3.8) is 0 Å². The monoisotopic (exact) mass is 248 g/mol. The van der Waals surface area contributed by atoms with E-state index >= 15 is 0 Å². The van der Waals surface area contributed by atoms with Crippen LogP contribution in [0.25, 0.3) is 11.4 Å². The standard InChI is InChI=1S/C13H17FN4/c1-13(2,3)12-16-11(18(4)17-12)9-7-8(14)5-6-10(9)15/h5-7H,15H2,1-4H3. The van der Waals surface area contributed by atoms with Crippen LogP contribution in [0.2, 0.25) is 0 Å². The molecule has 0 atom stereocenters. The fourth-order valence-electron chi connectivity index (χ4n) is 1.66. The Morgan fingerprint density at radius 3 is 2.50 bits per heavy atom. The van der Waals surface area contributed by atoms with Crippen molar-refractivity contribution in [2.75, 3.05) is 5.73 Å². The summed E-state index contributed by atoms with van der Waals surface area (Å²) in [6, 6.07) is 4.25. The van der Waals surface area contributed by atoms with Gasteiger partial charge in [-0.3, -0.25) is 0 Å². The number of nitrogens with zero attached hydrogens (tertiary/aromatic N) is 3. The third-order valence-corrected chi connectivity index (χ3v) is 2.69. The lowest BCUT2D eigenvalue weighted by Gasteiger charge is -2.12. The predicted molar refractivity (Wildman–Crippen MR) is 69.5 cm³/mol. The molecule has 0 aliphatic heterocycles. The van der Waals surface area contributed by atoms with Crippen molar-refractivity contribution in [2.45, 2.75) is 26.2 Å². The van der Waals surface area contributed by atoms with Crippen molar-refractivity contribution in [3.8, 4) is 11.4 Å². The van der Waals surface area contributed by atoms with Crippen molar-refractivity contribution in [1.29, 1.82) is 0 Å². The predicted octanol–water partition coefficient (Wildman–Crippen LogP) is 2.50. The molecule has 2 N–H and O–H groups in total. The average Bonchev–Trinajstić information content (AvgIpc) is 2.64. The second kappa shape index (κ2) is 4.08. The molecular weight excluding hydrogens is 231 g/mol. The summed E-state index contributed by atoms with van der Waals surface area (Å²) in [6.45, 7) is 6.09. The molecule has 1 heterocycles. The van der Waals surface area contributed by atoms with Crippen LogP contribution in [0.15, 0.2) is 18.2 Å². The molecule has 0 aliphatic rings. The zero-order chi connectivity index (χ0) is 13.5. The van der Waals surface area contributed by atoms with Gasteiger partial charge in [-0.2, -0.15) is 5.10 Å². The van der Waals surface area contributed by atoms with E-state index in [1.807, 2.05) is 20.8 Å². The van der Waals surface area contributed by atoms with E-state index in [2.05, 4.69) is 10.1 Å². The van der Waals surface area contributed by atoms with Gasteiger partial charge in [0.15, 0.2) is 11.6 Å². The second-order valence-electron chi connectivity index (χ2n) is 5.36. The minimum Gasteiger partial charge on any atom is -0.398 e. The minimum atomic E-state index is -0.334. The molecule has 4 nitrogen and oxygen atoms in total. The Bertz CT molecular complexity index is 581. The SMILES string of the molecule is Cn1nc(C(C)(C)C)nc1-c1cc(F)ccc1N. The van der Waals surface area contributed by atoms with Gasteiger partial charge in [-0.05, 0) is 18.2 Å². The van der Waals surface area contributed by atoms with Crippen LogP contribution in [0.4, 0.5) is 10.1 Å². The first-order chi connectivity index (χ1) is 8.29. The summed E-state index contributed by atoms with van der Waals surface area (Å²) in [5.74, 6) is 0.958. The highest BCUT2D eigenvalue weighted by Gasteiger charge is 2.22. The lowest BCUT2D eigenvalue weighted by molar-refractivity contribution is 0.538. The van der Waals surface area contributed by atoms with Gasteiger partial charge in [0.1, 0.15) is 5.82 Å². The molecule has 96 valence electrons. The minimum absolute atomic E-state index is 0.155. The highest BCUT2D eigenvalue weighted by Crippen LogP contribution is 2.27. The van der Waals surface area contributed by atoms with Crippen LogP contribution in [0.5, 0.6) is 0 Å². The zero-order valence-corrected chi connectivity index (χ0v) is 11.0. The van der Waals surface area contributed by atoms with Gasteiger partial charge in [-0.15, -0.1) is 0 Å². The van der Waals surface area contributed by atoms with Gasteiger partial charge in [-0.25, -0.2) is 14.1 Å². The third kappa shape index (κ3) is 2.20. The van der Waals surface area contributed by atoms with Crippen LogP contribution in [0.1, 0.15) is 26.6 Å². The average molecular weight is 248 g/mol. The first-order valence-corrected chi connectivity index (χ1v) is 5.76. The fraction of sp³-hybridized carbons (Fsp3) is 0.385. The van der Waals surface area contributed by atoms with Crippen molar-refractivity contribution in [3.05, 3.63) is 29.8 Å². The van der Waals surface area contributed by atoms with E-state index < -0.39 is 0 Å². The Kier molecular flexibility index (Phi) is 2.84. The van der Waals surface area contributed by atoms with Crippen LogP contribution in [0, 0.1) is 5.82 Å². The molecule has 0 saturated carbocycles. The number of nitrogen functional groups attached to an aromatic ring is 1. The number of hydrogen-bond acceptors (Lipinski definition) is 3. The van der Waals surface area contributed by atoms with Gasteiger partial charge in [0.2, 0.25) is 0 Å². The molecular formula is C13H17FN4. The maximum atomic E-state index is 13.3. The van der Waals surface area contributed by atoms with Gasteiger partial charge in [0, 0.05) is 23.7 Å². The van der Waals surface area contributed by atoms with E-state index in [0.29, 0.717) is 22.9 Å². The Balaban J connectivity index is 2.58. The summed E-state index contributed by atoms with van der Waals surface area (Å²) in [5, 5.41) is 4.36. The molecule has 0 saturated heterocycles. The second-order valence-corrected chi connectivity index (χ2v) is 5.36. The van der Waals surface area contributed by atoms with E-state index in [1.165, 1.54) is 18.2 Å². The normalized spacial score (nSPS) is 11.8. The lowest BCUT2D eigenvalue weighted by Crippen LogP contribution is -2.13. The van der Waals surface area contributed by atoms with E-state index in [4.69, 9.17) is 5.73 Å². The highest BCUT2D eigenvalue weighted by molar-refractivity contribution is 5.71. The van der Waals surface area contributed by atoms with Crippen LogP contribution >= 0.6 is 0 Å². The lowest BCUT2D eigenvalue weighted by atomic mass is 9.96. The molecule has 0 radical (unpaired) electrons. The van der Waals surface area contributed by atoms with Gasteiger partial charge < -0.3 is 5.73 Å². The molecule has 0 amide bonds. The third-order valence-electron chi connectivity index (χ3n) is 2.69. The van der Waals surface area contributed by atoms with Crippen LogP contribution in [-0.2, 0) is 12.5 Å². The Morgan fingerprint density at radius 1 is 1.28 bits per heavy atom. The summed E-state index contributed by atoms with van der Waals surface area (Å²) in [6.07, 6.45) is 0. The van der Waals surface area contributed by atoms with Crippen molar-refractivity contribution in [1.82, 2.24) is 14.8 Å². The summed E-state index contributed by atoms with van der Waals surface area (Å²) in [5.41, 5.74) is 6.77. The summed E-state index contributed by atoms with van der Waals surface area (Å²) in [7, 11) is 1.78. The number of aromatic nitrogens is 3. The molecule has 2 rings (SSSR count). The molecule has 0 aliphatic carbocycles. The molecule has 1 aromatic carbocycles. The molecule has 5 heteroatoms. The van der Waals surface area contributed by atoms with Crippen molar-refractivity contribution < 1.29 is 4.39 Å². The molecule has 0 fully saturated rings. The summed E-state index contributed by atoms with van der Waals surface area (Å²) >= 11 is 0. The van der Waals surface area contributed by atoms with E-state index in [1.54, 1.807) is 11.7 Å². The molecule has 0 unspecified atom stereocenters. The topological polar surface area (TPSA) is 56.7 Å². The number of hydrogen-bond donors (Lipinski definition) is 1. The van der Waals surface area contributed by atoms with E-state index in [9.17, 15) is 4.39 Å². The Morgan fingerprint density at radius 2 is 1.94 bits per heavy atom. The largest absolute Gasteiger partial charge is 0.398 e. The maximum Gasteiger partial charge on any atom is 0.160 e. The highest BCUT2D eigenvalue weighted by atomic mass is 19.1. The van der Waals surface area contributed by atoms with Gasteiger partial charge >= 0.3 is 0 Å². The van der Waals surface area contributed by atoms with Crippen LogP contribution < -0.4 is 5.73 Å². The first-order valence-electron chi connectivity index (χ1n) is 5.76. The number of benzene rings is 1. The summed E-state index contributed by atoms with van der Waals surface area (Å²) in [4.78, 5) is 4.46. The Hall–Kier alpha value is -1.91. The molecule has 0 bridgehead atoms.